The molecule has 0 bridgehead atoms. The summed E-state index contributed by atoms with van der Waals surface area (Å²) < 4.78 is 9.01. The lowest BCUT2D eigenvalue weighted by atomic mass is 10.0. The molecule has 2 heterocycles. The number of rotatable bonds is 6. The number of aryl methyl sites for hydroxylation is 1. The van der Waals surface area contributed by atoms with E-state index in [9.17, 15) is 4.79 Å². The Morgan fingerprint density at radius 3 is 2.63 bits per heavy atom. The molecule has 0 saturated heterocycles. The van der Waals surface area contributed by atoms with Crippen molar-refractivity contribution in [3.05, 3.63) is 95.8 Å². The standard InChI is InChI=1S/C23H23N5O2/c1-16-20(15-25-28(16)18-9-5-4-6-10-18)23(29)26-21(22-24-12-13-27(22)2)17-8-7-11-19(14-17)30-3/h4-15,21H,1-3H3,(H,26,29). The van der Waals surface area contributed by atoms with E-state index in [1.165, 1.54) is 0 Å². The first-order valence-electron chi connectivity index (χ1n) is 9.60. The smallest absolute Gasteiger partial charge is 0.255 e. The maximum atomic E-state index is 13.2. The Hall–Kier alpha value is -3.87. The van der Waals surface area contributed by atoms with Gasteiger partial charge >= 0.3 is 0 Å². The third kappa shape index (κ3) is 3.69. The van der Waals surface area contributed by atoms with Gasteiger partial charge in [0.2, 0.25) is 0 Å². The Labute approximate surface area is 174 Å². The second kappa shape index (κ2) is 8.24. The summed E-state index contributed by atoms with van der Waals surface area (Å²) in [6.07, 6.45) is 5.17. The average molecular weight is 401 g/mol. The highest BCUT2D eigenvalue weighted by molar-refractivity contribution is 5.95. The van der Waals surface area contributed by atoms with Crippen molar-refractivity contribution < 1.29 is 9.53 Å². The van der Waals surface area contributed by atoms with Crippen molar-refractivity contribution >= 4 is 5.91 Å². The fraction of sp³-hybridized carbons (Fsp3) is 0.174. The number of hydrogen-bond donors (Lipinski definition) is 1. The van der Waals surface area contributed by atoms with Crippen LogP contribution in [0, 0.1) is 6.92 Å². The van der Waals surface area contributed by atoms with Gasteiger partial charge in [-0.25, -0.2) is 9.67 Å². The molecule has 0 fully saturated rings. The van der Waals surface area contributed by atoms with Gasteiger partial charge in [-0.05, 0) is 36.8 Å². The van der Waals surface area contributed by atoms with Gasteiger partial charge in [0.1, 0.15) is 17.6 Å². The summed E-state index contributed by atoms with van der Waals surface area (Å²) in [4.78, 5) is 17.7. The van der Waals surface area contributed by atoms with Crippen molar-refractivity contribution in [2.24, 2.45) is 7.05 Å². The highest BCUT2D eigenvalue weighted by atomic mass is 16.5. The van der Waals surface area contributed by atoms with Crippen LogP contribution in [0.5, 0.6) is 5.75 Å². The van der Waals surface area contributed by atoms with Crippen LogP contribution in [-0.4, -0.2) is 32.3 Å². The molecule has 1 N–H and O–H groups in total. The first-order valence-corrected chi connectivity index (χ1v) is 9.60. The second-order valence-corrected chi connectivity index (χ2v) is 6.97. The number of methoxy groups -OCH3 is 1. The molecule has 2 aromatic heterocycles. The predicted octanol–water partition coefficient (Wildman–Crippen LogP) is 3.44. The largest absolute Gasteiger partial charge is 0.497 e. The molecule has 30 heavy (non-hydrogen) atoms. The van der Waals surface area contributed by atoms with Gasteiger partial charge in [-0.2, -0.15) is 5.10 Å². The van der Waals surface area contributed by atoms with Gasteiger partial charge in [0.15, 0.2) is 0 Å². The van der Waals surface area contributed by atoms with Crippen LogP contribution in [0.1, 0.15) is 33.5 Å². The summed E-state index contributed by atoms with van der Waals surface area (Å²) in [6, 6.07) is 16.9. The number of ether oxygens (including phenoxy) is 1. The van der Waals surface area contributed by atoms with Crippen LogP contribution >= 0.6 is 0 Å². The molecule has 0 aliphatic rings. The van der Waals surface area contributed by atoms with E-state index in [4.69, 9.17) is 4.74 Å². The van der Waals surface area contributed by atoms with Crippen molar-refractivity contribution in [3.8, 4) is 11.4 Å². The number of benzene rings is 2. The topological polar surface area (TPSA) is 74.0 Å². The van der Waals surface area contributed by atoms with Crippen LogP contribution in [0.25, 0.3) is 5.69 Å². The Kier molecular flexibility index (Phi) is 5.34. The molecule has 1 unspecified atom stereocenters. The Morgan fingerprint density at radius 1 is 1.13 bits per heavy atom. The van der Waals surface area contributed by atoms with Crippen LogP contribution in [0.15, 0.2) is 73.2 Å². The Morgan fingerprint density at radius 2 is 1.93 bits per heavy atom. The molecule has 0 radical (unpaired) electrons. The van der Waals surface area contributed by atoms with E-state index in [1.807, 2.05) is 79.3 Å². The van der Waals surface area contributed by atoms with Crippen LogP contribution in [0.2, 0.25) is 0 Å². The third-order valence-electron chi connectivity index (χ3n) is 5.07. The van der Waals surface area contributed by atoms with Crippen LogP contribution in [0.3, 0.4) is 0 Å². The van der Waals surface area contributed by atoms with Crippen molar-refractivity contribution in [3.63, 3.8) is 0 Å². The number of imidazole rings is 1. The zero-order valence-electron chi connectivity index (χ0n) is 17.1. The lowest BCUT2D eigenvalue weighted by Crippen LogP contribution is -2.31. The van der Waals surface area contributed by atoms with Crippen LogP contribution in [0.4, 0.5) is 0 Å². The quantitative estimate of drug-likeness (QED) is 0.537. The molecular formula is C23H23N5O2. The molecule has 7 heteroatoms. The molecular weight excluding hydrogens is 378 g/mol. The van der Waals surface area contributed by atoms with Gasteiger partial charge in [-0.3, -0.25) is 4.79 Å². The predicted molar refractivity (Wildman–Crippen MR) is 114 cm³/mol. The highest BCUT2D eigenvalue weighted by Crippen LogP contribution is 2.25. The number of carbonyl (C=O) groups excluding carboxylic acids is 1. The fourth-order valence-electron chi connectivity index (χ4n) is 3.44. The van der Waals surface area contributed by atoms with E-state index >= 15 is 0 Å². The number of para-hydroxylation sites is 1. The molecule has 0 aliphatic carbocycles. The SMILES string of the molecule is COc1cccc(C(NC(=O)c2cnn(-c3ccccc3)c2C)c2nccn2C)c1. The van der Waals surface area contributed by atoms with E-state index < -0.39 is 6.04 Å². The first-order chi connectivity index (χ1) is 14.6. The molecule has 0 spiro atoms. The number of hydrogen-bond acceptors (Lipinski definition) is 4. The Balaban J connectivity index is 1.68. The first kappa shape index (κ1) is 19.4. The lowest BCUT2D eigenvalue weighted by Gasteiger charge is -2.19. The summed E-state index contributed by atoms with van der Waals surface area (Å²) in [6.45, 7) is 1.89. The molecule has 4 aromatic rings. The summed E-state index contributed by atoms with van der Waals surface area (Å²) in [5.41, 5.74) is 3.07. The van der Waals surface area contributed by atoms with Gasteiger partial charge in [0.05, 0.1) is 30.3 Å². The van der Waals surface area contributed by atoms with Crippen molar-refractivity contribution in [1.82, 2.24) is 24.6 Å². The molecule has 1 amide bonds. The average Bonchev–Trinajstić information content (AvgIpc) is 3.38. The molecule has 152 valence electrons. The molecule has 0 aliphatic heterocycles. The summed E-state index contributed by atoms with van der Waals surface area (Å²) in [7, 11) is 3.52. The van der Waals surface area contributed by atoms with Gasteiger partial charge in [0.25, 0.3) is 5.91 Å². The monoisotopic (exact) mass is 401 g/mol. The van der Waals surface area contributed by atoms with Crippen LogP contribution in [-0.2, 0) is 7.05 Å². The summed E-state index contributed by atoms with van der Waals surface area (Å²) >= 11 is 0. The normalized spacial score (nSPS) is 11.8. The maximum absolute atomic E-state index is 13.2. The lowest BCUT2D eigenvalue weighted by molar-refractivity contribution is 0.0940. The van der Waals surface area contributed by atoms with Crippen molar-refractivity contribution in [1.29, 1.82) is 0 Å². The minimum Gasteiger partial charge on any atom is -0.497 e. The van der Waals surface area contributed by atoms with Gasteiger partial charge in [-0.15, -0.1) is 0 Å². The van der Waals surface area contributed by atoms with Gasteiger partial charge in [-0.1, -0.05) is 30.3 Å². The minimum atomic E-state index is -0.438. The summed E-state index contributed by atoms with van der Waals surface area (Å²) in [5.74, 6) is 1.23. The van der Waals surface area contributed by atoms with E-state index in [0.717, 1.165) is 22.8 Å². The number of amides is 1. The molecule has 0 saturated carbocycles. The number of carbonyl (C=O) groups is 1. The fourth-order valence-corrected chi connectivity index (χ4v) is 3.44. The molecule has 1 atom stereocenters. The number of nitrogens with zero attached hydrogens (tertiary/aromatic N) is 4. The molecule has 2 aromatic carbocycles. The third-order valence-corrected chi connectivity index (χ3v) is 5.07. The van der Waals surface area contributed by atoms with E-state index in [2.05, 4.69) is 15.4 Å². The summed E-state index contributed by atoms with van der Waals surface area (Å²) in [5, 5.41) is 7.53. The van der Waals surface area contributed by atoms with E-state index in [0.29, 0.717) is 11.3 Å². The zero-order valence-corrected chi connectivity index (χ0v) is 17.1. The second-order valence-electron chi connectivity index (χ2n) is 6.97. The number of nitrogens with one attached hydrogen (secondary N) is 1. The zero-order chi connectivity index (χ0) is 21.1. The molecule has 7 nitrogen and oxygen atoms in total. The van der Waals surface area contributed by atoms with E-state index in [1.54, 1.807) is 24.2 Å². The maximum Gasteiger partial charge on any atom is 0.255 e. The van der Waals surface area contributed by atoms with Crippen LogP contribution < -0.4 is 10.1 Å². The van der Waals surface area contributed by atoms with E-state index in [-0.39, 0.29) is 5.91 Å². The van der Waals surface area contributed by atoms with Crippen molar-refractivity contribution in [2.75, 3.05) is 7.11 Å². The van der Waals surface area contributed by atoms with Gasteiger partial charge in [0, 0.05) is 19.4 Å². The minimum absolute atomic E-state index is 0.217. The number of aromatic nitrogens is 4. The van der Waals surface area contributed by atoms with Gasteiger partial charge < -0.3 is 14.6 Å². The Bertz CT molecular complexity index is 1160. The van der Waals surface area contributed by atoms with Crippen molar-refractivity contribution in [2.45, 2.75) is 13.0 Å². The molecule has 4 rings (SSSR count). The highest BCUT2D eigenvalue weighted by Gasteiger charge is 2.24.